The molecule has 0 radical (unpaired) electrons. The number of hydrogen-bond donors (Lipinski definition) is 3. The molecule has 2 amide bonds. The fourth-order valence-electron chi connectivity index (χ4n) is 1.19. The van der Waals surface area contributed by atoms with Crippen LogP contribution in [0.2, 0.25) is 5.02 Å². The van der Waals surface area contributed by atoms with E-state index in [0.717, 1.165) is 0 Å². The molecule has 5 nitrogen and oxygen atoms in total. The summed E-state index contributed by atoms with van der Waals surface area (Å²) in [5, 5.41) is 2.96. The van der Waals surface area contributed by atoms with Crippen LogP contribution in [0.5, 0.6) is 0 Å². The topological polar surface area (TPSA) is 81.4 Å². The maximum absolute atomic E-state index is 11.7. The summed E-state index contributed by atoms with van der Waals surface area (Å²) in [6.45, 7) is 0.300. The van der Waals surface area contributed by atoms with Crippen molar-refractivity contribution in [1.29, 1.82) is 0 Å². The zero-order valence-electron chi connectivity index (χ0n) is 9.48. The van der Waals surface area contributed by atoms with E-state index < -0.39 is 5.91 Å². The lowest BCUT2D eigenvalue weighted by atomic mass is 10.2. The summed E-state index contributed by atoms with van der Waals surface area (Å²) in [6, 6.07) is 4.87. The molecule has 3 N–H and O–H groups in total. The Balaban J connectivity index is 2.41. The van der Waals surface area contributed by atoms with Gasteiger partial charge in [-0.05, 0) is 18.2 Å². The summed E-state index contributed by atoms with van der Waals surface area (Å²) >= 11 is 10.0. The van der Waals surface area contributed by atoms with E-state index in [1.54, 1.807) is 18.2 Å². The summed E-state index contributed by atoms with van der Waals surface area (Å²) in [5.41, 5.74) is 5.23. The summed E-state index contributed by atoms with van der Waals surface area (Å²) < 4.78 is 4.90. The molecule has 0 saturated carbocycles. The third-order valence-corrected chi connectivity index (χ3v) is 2.58. The number of carbonyl (C=O) groups is 2. The standard InChI is InChI=1S/C11H13ClN2O3S/c12-9-2-1-7(18)5-8(9)11(16)14-3-4-17-6-10(13)15/h1-2,5,18H,3-4,6H2,(H2,13,15)(H,14,16). The molecule has 0 fully saturated rings. The van der Waals surface area contributed by atoms with Crippen molar-refractivity contribution in [2.45, 2.75) is 4.90 Å². The van der Waals surface area contributed by atoms with Gasteiger partial charge < -0.3 is 15.8 Å². The second kappa shape index (κ2) is 7.25. The fourth-order valence-corrected chi connectivity index (χ4v) is 1.60. The quantitative estimate of drug-likeness (QED) is 0.536. The van der Waals surface area contributed by atoms with Gasteiger partial charge in [-0.25, -0.2) is 0 Å². The van der Waals surface area contributed by atoms with Crippen LogP contribution >= 0.6 is 24.2 Å². The molecule has 0 unspecified atom stereocenters. The van der Waals surface area contributed by atoms with Gasteiger partial charge in [0.1, 0.15) is 6.61 Å². The average Bonchev–Trinajstić information content (AvgIpc) is 2.31. The van der Waals surface area contributed by atoms with Gasteiger partial charge in [0.15, 0.2) is 0 Å². The van der Waals surface area contributed by atoms with E-state index in [1.807, 2.05) is 0 Å². The van der Waals surface area contributed by atoms with Crippen molar-refractivity contribution in [3.8, 4) is 0 Å². The first-order valence-corrected chi connectivity index (χ1v) is 5.96. The highest BCUT2D eigenvalue weighted by atomic mass is 35.5. The normalized spacial score (nSPS) is 10.1. The molecule has 0 aromatic heterocycles. The first-order valence-electron chi connectivity index (χ1n) is 5.13. The van der Waals surface area contributed by atoms with Crippen molar-refractivity contribution in [3.05, 3.63) is 28.8 Å². The van der Waals surface area contributed by atoms with Crippen LogP contribution in [-0.4, -0.2) is 31.6 Å². The number of halogens is 1. The monoisotopic (exact) mass is 288 g/mol. The molecule has 0 spiro atoms. The largest absolute Gasteiger partial charge is 0.370 e. The number of nitrogens with two attached hydrogens (primary N) is 1. The third-order valence-electron chi connectivity index (χ3n) is 1.97. The van der Waals surface area contributed by atoms with Crippen molar-refractivity contribution in [3.63, 3.8) is 0 Å². The molecule has 1 aromatic rings. The van der Waals surface area contributed by atoms with Gasteiger partial charge in [0.25, 0.3) is 5.91 Å². The second-order valence-electron chi connectivity index (χ2n) is 3.44. The second-order valence-corrected chi connectivity index (χ2v) is 4.36. The predicted octanol–water partition coefficient (Wildman–Crippen LogP) is 0.860. The number of ether oxygens (including phenoxy) is 1. The van der Waals surface area contributed by atoms with Crippen LogP contribution in [0.25, 0.3) is 0 Å². The van der Waals surface area contributed by atoms with Gasteiger partial charge in [-0.15, -0.1) is 12.6 Å². The highest BCUT2D eigenvalue weighted by molar-refractivity contribution is 7.80. The number of hydrogen-bond acceptors (Lipinski definition) is 4. The molecule has 1 rings (SSSR count). The molecule has 0 aliphatic carbocycles. The Morgan fingerprint density at radius 3 is 2.83 bits per heavy atom. The molecule has 0 atom stereocenters. The SMILES string of the molecule is NC(=O)COCCNC(=O)c1cc(S)ccc1Cl. The highest BCUT2D eigenvalue weighted by Gasteiger charge is 2.09. The van der Waals surface area contributed by atoms with E-state index in [2.05, 4.69) is 17.9 Å². The van der Waals surface area contributed by atoms with Crippen LogP contribution in [0.3, 0.4) is 0 Å². The van der Waals surface area contributed by atoms with Gasteiger partial charge in [-0.1, -0.05) is 11.6 Å². The van der Waals surface area contributed by atoms with Crippen molar-refractivity contribution in [1.82, 2.24) is 5.32 Å². The van der Waals surface area contributed by atoms with E-state index >= 15 is 0 Å². The first kappa shape index (κ1) is 14.8. The van der Waals surface area contributed by atoms with Crippen molar-refractivity contribution in [2.24, 2.45) is 5.73 Å². The third kappa shape index (κ3) is 4.95. The molecule has 0 bridgehead atoms. The number of rotatable bonds is 6. The van der Waals surface area contributed by atoms with Crippen LogP contribution in [-0.2, 0) is 9.53 Å². The van der Waals surface area contributed by atoms with Crippen LogP contribution in [0.4, 0.5) is 0 Å². The Kier molecular flexibility index (Phi) is 5.97. The molecule has 0 aliphatic heterocycles. The molecule has 0 heterocycles. The number of nitrogens with one attached hydrogen (secondary N) is 1. The van der Waals surface area contributed by atoms with Crippen LogP contribution < -0.4 is 11.1 Å². The zero-order valence-corrected chi connectivity index (χ0v) is 11.1. The minimum Gasteiger partial charge on any atom is -0.370 e. The van der Waals surface area contributed by atoms with Crippen molar-refractivity contribution < 1.29 is 14.3 Å². The van der Waals surface area contributed by atoms with Crippen molar-refractivity contribution in [2.75, 3.05) is 19.8 Å². The predicted molar refractivity (Wildman–Crippen MR) is 71.1 cm³/mol. The van der Waals surface area contributed by atoms with Gasteiger partial charge in [-0.2, -0.15) is 0 Å². The molecule has 0 saturated heterocycles. The number of primary amides is 1. The van der Waals surface area contributed by atoms with E-state index in [4.69, 9.17) is 22.1 Å². The molecular formula is C11H13ClN2O3S. The minimum absolute atomic E-state index is 0.164. The van der Waals surface area contributed by atoms with E-state index in [-0.39, 0.29) is 25.7 Å². The Morgan fingerprint density at radius 1 is 1.44 bits per heavy atom. The van der Waals surface area contributed by atoms with Crippen LogP contribution in [0, 0.1) is 0 Å². The summed E-state index contributed by atoms with van der Waals surface area (Å²) in [6.07, 6.45) is 0. The number of thiol groups is 1. The maximum atomic E-state index is 11.7. The number of benzene rings is 1. The Morgan fingerprint density at radius 2 is 2.17 bits per heavy atom. The molecule has 0 aliphatic rings. The molecular weight excluding hydrogens is 276 g/mol. The summed E-state index contributed by atoms with van der Waals surface area (Å²) in [7, 11) is 0. The minimum atomic E-state index is -0.549. The van der Waals surface area contributed by atoms with Gasteiger partial charge in [-0.3, -0.25) is 9.59 Å². The fraction of sp³-hybridized carbons (Fsp3) is 0.273. The van der Waals surface area contributed by atoms with E-state index in [9.17, 15) is 9.59 Å². The van der Waals surface area contributed by atoms with E-state index in [1.165, 1.54) is 0 Å². The Hall–Kier alpha value is -1.24. The first-order chi connectivity index (χ1) is 8.50. The van der Waals surface area contributed by atoms with Gasteiger partial charge in [0.05, 0.1) is 17.2 Å². The Bertz CT molecular complexity index is 454. The van der Waals surface area contributed by atoms with Crippen molar-refractivity contribution >= 4 is 36.0 Å². The van der Waals surface area contributed by atoms with Gasteiger partial charge in [0.2, 0.25) is 5.91 Å². The number of carbonyl (C=O) groups excluding carboxylic acids is 2. The summed E-state index contributed by atoms with van der Waals surface area (Å²) in [4.78, 5) is 22.8. The lowest BCUT2D eigenvalue weighted by Gasteiger charge is -2.07. The molecule has 7 heteroatoms. The van der Waals surface area contributed by atoms with Gasteiger partial charge >= 0.3 is 0 Å². The molecule has 1 aromatic carbocycles. The van der Waals surface area contributed by atoms with Crippen LogP contribution in [0.1, 0.15) is 10.4 Å². The smallest absolute Gasteiger partial charge is 0.252 e. The summed E-state index contributed by atoms with van der Waals surface area (Å²) in [5.74, 6) is -0.870. The van der Waals surface area contributed by atoms with Crippen LogP contribution in [0.15, 0.2) is 23.1 Å². The average molecular weight is 289 g/mol. The van der Waals surface area contributed by atoms with Gasteiger partial charge in [0, 0.05) is 11.4 Å². The number of amides is 2. The van der Waals surface area contributed by atoms with E-state index in [0.29, 0.717) is 15.5 Å². The zero-order chi connectivity index (χ0) is 13.5. The lowest BCUT2D eigenvalue weighted by Crippen LogP contribution is -2.29. The Labute approximate surface area is 115 Å². The highest BCUT2D eigenvalue weighted by Crippen LogP contribution is 2.19. The lowest BCUT2D eigenvalue weighted by molar-refractivity contribution is -0.122. The molecule has 98 valence electrons. The maximum Gasteiger partial charge on any atom is 0.252 e. The molecule has 18 heavy (non-hydrogen) atoms.